The normalized spacial score (nSPS) is 18.9. The van der Waals surface area contributed by atoms with E-state index in [1.165, 1.54) is 34.1 Å². The molecule has 0 aliphatic carbocycles. The number of hydrogen-bond acceptors (Lipinski definition) is 4. The van der Waals surface area contributed by atoms with Crippen LogP contribution in [0.5, 0.6) is 0 Å². The van der Waals surface area contributed by atoms with Gasteiger partial charge in [-0.25, -0.2) is 4.98 Å². The van der Waals surface area contributed by atoms with Gasteiger partial charge in [0.1, 0.15) is 0 Å². The molecule has 0 amide bonds. The molecule has 22 heavy (non-hydrogen) atoms. The number of aromatic nitrogens is 1. The smallest absolute Gasteiger partial charge is 0.0900 e. The second kappa shape index (κ2) is 7.36. The van der Waals surface area contributed by atoms with E-state index in [0.29, 0.717) is 6.04 Å². The summed E-state index contributed by atoms with van der Waals surface area (Å²) in [4.78, 5) is 8.58. The Bertz CT molecular complexity index is 594. The Labute approximate surface area is 137 Å². The molecule has 0 saturated carbocycles. The van der Waals surface area contributed by atoms with Crippen LogP contribution in [0.3, 0.4) is 0 Å². The number of benzene rings is 1. The van der Waals surface area contributed by atoms with E-state index in [9.17, 15) is 0 Å². The fourth-order valence-electron chi connectivity index (χ4n) is 3.15. The van der Waals surface area contributed by atoms with Gasteiger partial charge in [0.25, 0.3) is 0 Å². The van der Waals surface area contributed by atoms with Gasteiger partial charge >= 0.3 is 0 Å². The fraction of sp³-hybridized carbons (Fsp3) is 0.500. The first-order valence-electron chi connectivity index (χ1n) is 8.19. The Kier molecular flexibility index (Phi) is 5.24. The number of nitrogens with one attached hydrogen (secondary N) is 1. The molecule has 3 nitrogen and oxygen atoms in total. The van der Waals surface area contributed by atoms with E-state index < -0.39 is 0 Å². The summed E-state index contributed by atoms with van der Waals surface area (Å²) in [7, 11) is 0. The Morgan fingerprint density at radius 1 is 1.32 bits per heavy atom. The maximum atomic E-state index is 4.61. The molecule has 0 spiro atoms. The van der Waals surface area contributed by atoms with Crippen LogP contribution in [-0.4, -0.2) is 29.0 Å². The lowest BCUT2D eigenvalue weighted by Gasteiger charge is -2.16. The van der Waals surface area contributed by atoms with Crippen LogP contribution in [0.1, 0.15) is 34.5 Å². The molecule has 0 bridgehead atoms. The van der Waals surface area contributed by atoms with Crippen molar-refractivity contribution in [3.05, 3.63) is 51.5 Å². The average molecular weight is 315 g/mol. The van der Waals surface area contributed by atoms with Crippen LogP contribution < -0.4 is 5.32 Å². The van der Waals surface area contributed by atoms with Crippen LogP contribution in [0.15, 0.2) is 30.3 Å². The third kappa shape index (κ3) is 3.94. The van der Waals surface area contributed by atoms with Crippen molar-refractivity contribution >= 4 is 11.3 Å². The lowest BCUT2D eigenvalue weighted by atomic mass is 10.2. The molecule has 1 aliphatic rings. The molecule has 1 saturated heterocycles. The molecule has 2 aromatic rings. The second-order valence-corrected chi connectivity index (χ2v) is 7.33. The van der Waals surface area contributed by atoms with E-state index in [-0.39, 0.29) is 0 Å². The number of likely N-dealkylation sites (tertiary alicyclic amines) is 1. The summed E-state index contributed by atoms with van der Waals surface area (Å²) in [6.45, 7) is 8.67. The van der Waals surface area contributed by atoms with Crippen LogP contribution in [-0.2, 0) is 19.5 Å². The van der Waals surface area contributed by atoms with Gasteiger partial charge in [0.05, 0.1) is 10.7 Å². The highest BCUT2D eigenvalue weighted by atomic mass is 32.1. The molecule has 1 aromatic heterocycles. The third-order valence-electron chi connectivity index (χ3n) is 4.29. The average Bonchev–Trinajstić information content (AvgIpc) is 3.12. The Hall–Kier alpha value is -1.23. The number of aryl methyl sites for hydroxylation is 2. The molecule has 1 aromatic carbocycles. The highest BCUT2D eigenvalue weighted by Gasteiger charge is 2.22. The molecule has 118 valence electrons. The molecule has 1 N–H and O–H groups in total. The van der Waals surface area contributed by atoms with Crippen LogP contribution in [0, 0.1) is 6.92 Å². The number of rotatable bonds is 6. The first-order valence-corrected chi connectivity index (χ1v) is 9.01. The lowest BCUT2D eigenvalue weighted by Crippen LogP contribution is -2.32. The largest absolute Gasteiger partial charge is 0.308 e. The maximum Gasteiger partial charge on any atom is 0.0900 e. The van der Waals surface area contributed by atoms with E-state index in [2.05, 4.69) is 59.4 Å². The molecule has 1 aliphatic heterocycles. The van der Waals surface area contributed by atoms with E-state index in [0.717, 1.165) is 26.1 Å². The van der Waals surface area contributed by atoms with Gasteiger partial charge in [-0.05, 0) is 25.3 Å². The zero-order valence-corrected chi connectivity index (χ0v) is 14.3. The van der Waals surface area contributed by atoms with Crippen molar-refractivity contribution in [2.75, 3.05) is 13.1 Å². The topological polar surface area (TPSA) is 28.2 Å². The summed E-state index contributed by atoms with van der Waals surface area (Å²) < 4.78 is 0. The summed E-state index contributed by atoms with van der Waals surface area (Å²) in [5, 5.41) is 4.92. The van der Waals surface area contributed by atoms with E-state index in [1.807, 2.05) is 11.3 Å². The molecule has 3 rings (SSSR count). The zero-order chi connectivity index (χ0) is 15.4. The van der Waals surface area contributed by atoms with Crippen LogP contribution in [0.4, 0.5) is 0 Å². The minimum Gasteiger partial charge on any atom is -0.308 e. The monoisotopic (exact) mass is 315 g/mol. The number of nitrogens with zero attached hydrogens (tertiary/aromatic N) is 2. The summed E-state index contributed by atoms with van der Waals surface area (Å²) in [5.41, 5.74) is 2.68. The predicted octanol–water partition coefficient (Wildman–Crippen LogP) is 3.38. The molecule has 1 fully saturated rings. The van der Waals surface area contributed by atoms with Crippen molar-refractivity contribution in [1.82, 2.24) is 15.2 Å². The van der Waals surface area contributed by atoms with Crippen LogP contribution >= 0.6 is 11.3 Å². The fourth-order valence-corrected chi connectivity index (χ4v) is 4.12. The van der Waals surface area contributed by atoms with Gasteiger partial charge in [-0.15, -0.1) is 11.3 Å². The Morgan fingerprint density at radius 3 is 2.91 bits per heavy atom. The number of thiazole rings is 1. The van der Waals surface area contributed by atoms with Crippen molar-refractivity contribution in [3.63, 3.8) is 0 Å². The van der Waals surface area contributed by atoms with Crippen LogP contribution in [0.25, 0.3) is 0 Å². The summed E-state index contributed by atoms with van der Waals surface area (Å²) >= 11 is 1.84. The first-order chi connectivity index (χ1) is 10.7. The van der Waals surface area contributed by atoms with Gasteiger partial charge in [0.15, 0.2) is 0 Å². The zero-order valence-electron chi connectivity index (χ0n) is 13.5. The first kappa shape index (κ1) is 15.7. The van der Waals surface area contributed by atoms with Gasteiger partial charge in [0.2, 0.25) is 0 Å². The van der Waals surface area contributed by atoms with Crippen molar-refractivity contribution in [1.29, 1.82) is 0 Å². The quantitative estimate of drug-likeness (QED) is 0.886. The summed E-state index contributed by atoms with van der Waals surface area (Å²) in [5.74, 6) is 0. The van der Waals surface area contributed by atoms with E-state index in [1.54, 1.807) is 0 Å². The van der Waals surface area contributed by atoms with Gasteiger partial charge < -0.3 is 5.32 Å². The highest BCUT2D eigenvalue weighted by molar-refractivity contribution is 7.11. The SMILES string of the molecule is CCc1nc(C)sc1CN[C@@H]1CCN(Cc2ccccc2)C1. The van der Waals surface area contributed by atoms with Crippen LogP contribution in [0.2, 0.25) is 0 Å². The van der Waals surface area contributed by atoms with Crippen molar-refractivity contribution in [3.8, 4) is 0 Å². The maximum absolute atomic E-state index is 4.61. The van der Waals surface area contributed by atoms with Gasteiger partial charge in [0, 0.05) is 37.1 Å². The molecule has 0 radical (unpaired) electrons. The van der Waals surface area contributed by atoms with E-state index >= 15 is 0 Å². The standard InChI is InChI=1S/C18H25N3S/c1-3-17-18(22-14(2)20-17)11-19-16-9-10-21(13-16)12-15-7-5-4-6-8-15/h4-8,16,19H,3,9-13H2,1-2H3/t16-/m1/s1. The Morgan fingerprint density at radius 2 is 2.14 bits per heavy atom. The molecule has 1 atom stereocenters. The van der Waals surface area contributed by atoms with Gasteiger partial charge in [-0.3, -0.25) is 4.90 Å². The Balaban J connectivity index is 1.49. The summed E-state index contributed by atoms with van der Waals surface area (Å²) in [6, 6.07) is 11.4. The lowest BCUT2D eigenvalue weighted by molar-refractivity contribution is 0.320. The summed E-state index contributed by atoms with van der Waals surface area (Å²) in [6.07, 6.45) is 2.28. The van der Waals surface area contributed by atoms with Crippen molar-refractivity contribution in [2.24, 2.45) is 0 Å². The number of hydrogen-bond donors (Lipinski definition) is 1. The molecular weight excluding hydrogens is 290 g/mol. The van der Waals surface area contributed by atoms with E-state index in [4.69, 9.17) is 0 Å². The van der Waals surface area contributed by atoms with Gasteiger partial charge in [-0.2, -0.15) is 0 Å². The molecule has 0 unspecified atom stereocenters. The minimum atomic E-state index is 0.607. The second-order valence-electron chi connectivity index (χ2n) is 6.04. The third-order valence-corrected chi connectivity index (χ3v) is 5.31. The highest BCUT2D eigenvalue weighted by Crippen LogP contribution is 2.20. The molecular formula is C18H25N3S. The predicted molar refractivity (Wildman–Crippen MR) is 93.2 cm³/mol. The van der Waals surface area contributed by atoms with Gasteiger partial charge in [-0.1, -0.05) is 37.3 Å². The minimum absolute atomic E-state index is 0.607. The molecule has 4 heteroatoms. The van der Waals surface area contributed by atoms with Crippen molar-refractivity contribution in [2.45, 2.75) is 45.8 Å². The van der Waals surface area contributed by atoms with Crippen molar-refractivity contribution < 1.29 is 0 Å². The molecule has 2 heterocycles.